The van der Waals surface area contributed by atoms with Crippen molar-refractivity contribution in [3.05, 3.63) is 89.2 Å². The average Bonchev–Trinajstić information content (AvgIpc) is 3.17. The lowest BCUT2D eigenvalue weighted by molar-refractivity contribution is 0.182. The van der Waals surface area contributed by atoms with Gasteiger partial charge in [0.25, 0.3) is 0 Å². The first-order chi connectivity index (χ1) is 13.2. The Hall–Kier alpha value is -3.01. The van der Waals surface area contributed by atoms with Crippen LogP contribution in [0.15, 0.2) is 66.9 Å². The zero-order chi connectivity index (χ0) is 18.8. The first-order valence-corrected chi connectivity index (χ1v) is 9.54. The highest BCUT2D eigenvalue weighted by molar-refractivity contribution is 5.90. The predicted molar refractivity (Wildman–Crippen MR) is 109 cm³/mol. The van der Waals surface area contributed by atoms with Crippen molar-refractivity contribution in [2.24, 2.45) is 0 Å². The van der Waals surface area contributed by atoms with Crippen LogP contribution in [0, 0.1) is 6.92 Å². The largest absolute Gasteiger partial charge is 0.348 e. The number of aromatic nitrogens is 1. The molecule has 0 unspecified atom stereocenters. The van der Waals surface area contributed by atoms with Crippen molar-refractivity contribution in [1.29, 1.82) is 0 Å². The van der Waals surface area contributed by atoms with Gasteiger partial charge in [-0.1, -0.05) is 55.0 Å². The van der Waals surface area contributed by atoms with Crippen LogP contribution < -0.4 is 5.32 Å². The first-order valence-electron chi connectivity index (χ1n) is 9.54. The second kappa shape index (κ2) is 7.31. The van der Waals surface area contributed by atoms with Gasteiger partial charge < -0.3 is 14.8 Å². The Bertz CT molecular complexity index is 942. The molecule has 2 heterocycles. The van der Waals surface area contributed by atoms with Crippen molar-refractivity contribution in [2.75, 3.05) is 11.9 Å². The lowest BCUT2D eigenvalue weighted by Gasteiger charge is -2.37. The summed E-state index contributed by atoms with van der Waals surface area (Å²) in [6.07, 6.45) is 2.98. The first kappa shape index (κ1) is 17.4. The molecule has 0 saturated carbocycles. The van der Waals surface area contributed by atoms with E-state index >= 15 is 0 Å². The molecule has 4 nitrogen and oxygen atoms in total. The smallest absolute Gasteiger partial charge is 0.322 e. The van der Waals surface area contributed by atoms with Gasteiger partial charge >= 0.3 is 6.03 Å². The molecule has 27 heavy (non-hydrogen) atoms. The number of carbonyl (C=O) groups excluding carboxylic acids is 1. The Morgan fingerprint density at radius 1 is 1.04 bits per heavy atom. The van der Waals surface area contributed by atoms with Gasteiger partial charge in [-0.2, -0.15) is 0 Å². The van der Waals surface area contributed by atoms with E-state index in [9.17, 15) is 4.79 Å². The highest BCUT2D eigenvalue weighted by atomic mass is 16.2. The molecule has 1 aliphatic rings. The maximum atomic E-state index is 13.2. The lowest BCUT2D eigenvalue weighted by atomic mass is 9.99. The van der Waals surface area contributed by atoms with E-state index in [2.05, 4.69) is 72.4 Å². The number of rotatable bonds is 3. The van der Waals surface area contributed by atoms with Crippen molar-refractivity contribution >= 4 is 11.7 Å². The van der Waals surface area contributed by atoms with E-state index < -0.39 is 0 Å². The number of nitrogens with one attached hydrogen (secondary N) is 1. The number of amides is 2. The van der Waals surface area contributed by atoms with Crippen LogP contribution in [0.2, 0.25) is 0 Å². The summed E-state index contributed by atoms with van der Waals surface area (Å²) < 4.78 is 2.24. The van der Waals surface area contributed by atoms with Crippen molar-refractivity contribution in [3.8, 4) is 0 Å². The second-order valence-corrected chi connectivity index (χ2v) is 7.07. The number of hydrogen-bond acceptors (Lipinski definition) is 1. The number of benzene rings is 2. The predicted octanol–water partition coefficient (Wildman–Crippen LogP) is 5.00. The standard InChI is InChI=1S/C23H25N3O/c1-3-18-7-4-5-8-20(18)24-23(27)26-16-15-25-14-6-9-21(25)22(26)19-12-10-17(2)11-13-19/h4-14,22H,3,15-16H2,1-2H3,(H,24,27)/t22-/m0/s1. The fraction of sp³-hybridized carbons (Fsp3) is 0.261. The maximum absolute atomic E-state index is 13.2. The Labute approximate surface area is 160 Å². The Kier molecular flexibility index (Phi) is 4.71. The van der Waals surface area contributed by atoms with E-state index in [4.69, 9.17) is 0 Å². The van der Waals surface area contributed by atoms with Crippen LogP contribution in [-0.2, 0) is 13.0 Å². The number of para-hydroxylation sites is 1. The quantitative estimate of drug-likeness (QED) is 0.702. The fourth-order valence-corrected chi connectivity index (χ4v) is 3.84. The van der Waals surface area contributed by atoms with Gasteiger partial charge in [-0.25, -0.2) is 4.79 Å². The van der Waals surface area contributed by atoms with Gasteiger partial charge in [0.2, 0.25) is 0 Å². The molecule has 3 aromatic rings. The van der Waals surface area contributed by atoms with Crippen LogP contribution in [-0.4, -0.2) is 22.0 Å². The second-order valence-electron chi connectivity index (χ2n) is 7.07. The van der Waals surface area contributed by atoms with Crippen molar-refractivity contribution < 1.29 is 4.79 Å². The SMILES string of the molecule is CCc1ccccc1NC(=O)N1CCn2cccc2[C@@H]1c1ccc(C)cc1. The number of hydrogen-bond donors (Lipinski definition) is 1. The highest BCUT2D eigenvalue weighted by Gasteiger charge is 2.32. The van der Waals surface area contributed by atoms with E-state index in [1.165, 1.54) is 5.56 Å². The van der Waals surface area contributed by atoms with E-state index in [-0.39, 0.29) is 12.1 Å². The Balaban J connectivity index is 1.68. The molecule has 0 fully saturated rings. The number of aryl methyl sites for hydroxylation is 2. The van der Waals surface area contributed by atoms with Crippen molar-refractivity contribution in [1.82, 2.24) is 9.47 Å². The minimum Gasteiger partial charge on any atom is -0.348 e. The molecule has 0 aliphatic carbocycles. The van der Waals surface area contributed by atoms with Crippen LogP contribution in [0.1, 0.15) is 35.3 Å². The van der Waals surface area contributed by atoms with Gasteiger partial charge in [-0.3, -0.25) is 0 Å². The molecular weight excluding hydrogens is 334 g/mol. The maximum Gasteiger partial charge on any atom is 0.322 e. The summed E-state index contributed by atoms with van der Waals surface area (Å²) in [5.41, 5.74) is 5.56. The third-order valence-corrected chi connectivity index (χ3v) is 5.33. The van der Waals surface area contributed by atoms with Crippen LogP contribution in [0.4, 0.5) is 10.5 Å². The average molecular weight is 359 g/mol. The zero-order valence-corrected chi connectivity index (χ0v) is 15.9. The van der Waals surface area contributed by atoms with Gasteiger partial charge in [-0.05, 0) is 42.7 Å². The molecule has 0 spiro atoms. The normalized spacial score (nSPS) is 16.1. The molecule has 1 N–H and O–H groups in total. The molecule has 138 valence electrons. The van der Waals surface area contributed by atoms with Crippen LogP contribution in [0.3, 0.4) is 0 Å². The van der Waals surface area contributed by atoms with Crippen LogP contribution in [0.25, 0.3) is 0 Å². The van der Waals surface area contributed by atoms with E-state index in [0.717, 1.165) is 35.5 Å². The zero-order valence-electron chi connectivity index (χ0n) is 15.9. The minimum absolute atomic E-state index is 0.0473. The van der Waals surface area contributed by atoms with Crippen LogP contribution >= 0.6 is 0 Å². The van der Waals surface area contributed by atoms with Gasteiger partial charge in [0.05, 0.1) is 6.04 Å². The third kappa shape index (κ3) is 3.35. The molecule has 4 rings (SSSR count). The summed E-state index contributed by atoms with van der Waals surface area (Å²) in [4.78, 5) is 15.2. The molecule has 0 saturated heterocycles. The minimum atomic E-state index is -0.0804. The Morgan fingerprint density at radius 2 is 1.81 bits per heavy atom. The number of anilines is 1. The molecule has 0 radical (unpaired) electrons. The summed E-state index contributed by atoms with van der Waals surface area (Å²) in [6.45, 7) is 5.68. The number of nitrogens with zero attached hydrogens (tertiary/aromatic N) is 2. The monoisotopic (exact) mass is 359 g/mol. The molecular formula is C23H25N3O. The summed E-state index contributed by atoms with van der Waals surface area (Å²) >= 11 is 0. The molecule has 4 heteroatoms. The van der Waals surface area contributed by atoms with Crippen molar-refractivity contribution in [2.45, 2.75) is 32.9 Å². The van der Waals surface area contributed by atoms with E-state index in [1.54, 1.807) is 0 Å². The molecule has 2 amide bonds. The number of urea groups is 1. The summed E-state index contributed by atoms with van der Waals surface area (Å²) in [5, 5.41) is 3.14. The van der Waals surface area contributed by atoms with Crippen LogP contribution in [0.5, 0.6) is 0 Å². The number of carbonyl (C=O) groups is 1. The molecule has 1 aliphatic heterocycles. The van der Waals surface area contributed by atoms with Gasteiger partial charge in [0.15, 0.2) is 0 Å². The molecule has 1 atom stereocenters. The van der Waals surface area contributed by atoms with Crippen molar-refractivity contribution in [3.63, 3.8) is 0 Å². The Morgan fingerprint density at radius 3 is 2.59 bits per heavy atom. The third-order valence-electron chi connectivity index (χ3n) is 5.33. The van der Waals surface area contributed by atoms with Gasteiger partial charge in [-0.15, -0.1) is 0 Å². The summed E-state index contributed by atoms with van der Waals surface area (Å²) in [5.74, 6) is 0. The number of fused-ring (bicyclic) bond motifs is 1. The van der Waals surface area contributed by atoms with Gasteiger partial charge in [0, 0.05) is 30.7 Å². The molecule has 2 aromatic carbocycles. The van der Waals surface area contributed by atoms with Gasteiger partial charge in [0.1, 0.15) is 0 Å². The highest BCUT2D eigenvalue weighted by Crippen LogP contribution is 2.33. The lowest BCUT2D eigenvalue weighted by Crippen LogP contribution is -2.44. The summed E-state index contributed by atoms with van der Waals surface area (Å²) in [6, 6.07) is 20.5. The molecule has 1 aromatic heterocycles. The fourth-order valence-electron chi connectivity index (χ4n) is 3.84. The summed E-state index contributed by atoms with van der Waals surface area (Å²) in [7, 11) is 0. The topological polar surface area (TPSA) is 37.3 Å². The van der Waals surface area contributed by atoms with E-state index in [1.807, 2.05) is 23.1 Å². The van der Waals surface area contributed by atoms with E-state index in [0.29, 0.717) is 6.54 Å². The molecule has 0 bridgehead atoms.